The lowest BCUT2D eigenvalue weighted by atomic mass is 9.98. The molecule has 0 radical (unpaired) electrons. The van der Waals surface area contributed by atoms with Crippen LogP contribution in [0.25, 0.3) is 11.1 Å². The molecule has 5 rings (SSSR count). The Hall–Kier alpha value is -3.71. The van der Waals surface area contributed by atoms with Crippen LogP contribution in [0.15, 0.2) is 73.2 Å². The minimum Gasteiger partial charge on any atom is -0.347 e. The smallest absolute Gasteiger partial charge is 0.271 e. The molecule has 0 aliphatic carbocycles. The first-order valence-corrected chi connectivity index (χ1v) is 11.8. The molecule has 1 amide bonds. The van der Waals surface area contributed by atoms with Crippen LogP contribution in [-0.4, -0.2) is 38.7 Å². The summed E-state index contributed by atoms with van der Waals surface area (Å²) in [5, 5.41) is 7.49. The largest absolute Gasteiger partial charge is 0.347 e. The normalized spacial score (nSPS) is 13.3. The number of halogens is 1. The molecule has 8 heteroatoms. The van der Waals surface area contributed by atoms with Gasteiger partial charge in [0.25, 0.3) is 5.91 Å². The van der Waals surface area contributed by atoms with Gasteiger partial charge in [0.15, 0.2) is 5.69 Å². The van der Waals surface area contributed by atoms with Crippen molar-refractivity contribution in [3.05, 3.63) is 95.0 Å². The minimum absolute atomic E-state index is 0.207. The maximum atomic E-state index is 12.9. The molecule has 1 saturated heterocycles. The summed E-state index contributed by atoms with van der Waals surface area (Å²) in [5.41, 5.74) is 4.55. The van der Waals surface area contributed by atoms with Crippen molar-refractivity contribution in [3.63, 3.8) is 0 Å². The van der Waals surface area contributed by atoms with Gasteiger partial charge in [-0.05, 0) is 41.2 Å². The van der Waals surface area contributed by atoms with Crippen molar-refractivity contribution in [3.8, 4) is 11.1 Å². The maximum absolute atomic E-state index is 12.9. The molecule has 0 saturated carbocycles. The zero-order valence-corrected chi connectivity index (χ0v) is 19.4. The van der Waals surface area contributed by atoms with Gasteiger partial charge < -0.3 is 10.2 Å². The summed E-state index contributed by atoms with van der Waals surface area (Å²) in [6.07, 6.45) is 7.45. The molecule has 2 aromatic heterocycles. The molecular formula is C26H25ClN6O. The van der Waals surface area contributed by atoms with E-state index in [9.17, 15) is 4.79 Å². The predicted octanol–water partition coefficient (Wildman–Crippen LogP) is 4.57. The van der Waals surface area contributed by atoms with Crippen molar-refractivity contribution in [2.45, 2.75) is 25.9 Å². The molecule has 2 aromatic carbocycles. The van der Waals surface area contributed by atoms with E-state index >= 15 is 0 Å². The van der Waals surface area contributed by atoms with Gasteiger partial charge in [0.05, 0.1) is 17.8 Å². The summed E-state index contributed by atoms with van der Waals surface area (Å²) in [5.74, 6) is 0.250. The lowest BCUT2D eigenvalue weighted by Gasteiger charge is -2.16. The zero-order valence-electron chi connectivity index (χ0n) is 18.7. The second-order valence-electron chi connectivity index (χ2n) is 8.30. The quantitative estimate of drug-likeness (QED) is 0.426. The molecule has 1 N–H and O–H groups in total. The molecule has 3 heterocycles. The molecule has 1 aliphatic rings. The number of amides is 1. The summed E-state index contributed by atoms with van der Waals surface area (Å²) in [6.45, 7) is 2.89. The molecule has 34 heavy (non-hydrogen) atoms. The molecule has 0 atom stereocenters. The molecule has 1 fully saturated rings. The lowest BCUT2D eigenvalue weighted by Crippen LogP contribution is -2.27. The van der Waals surface area contributed by atoms with Crippen molar-refractivity contribution >= 4 is 23.5 Å². The number of rotatable bonds is 7. The Morgan fingerprint density at radius 2 is 1.82 bits per heavy atom. The van der Waals surface area contributed by atoms with Crippen LogP contribution in [0.3, 0.4) is 0 Å². The number of carbonyl (C=O) groups excluding carboxylic acids is 1. The summed E-state index contributed by atoms with van der Waals surface area (Å²) in [6, 6.07) is 18.4. The molecule has 7 nitrogen and oxygen atoms in total. The van der Waals surface area contributed by atoms with Crippen LogP contribution in [0.5, 0.6) is 0 Å². The van der Waals surface area contributed by atoms with Crippen LogP contribution in [0.4, 0.5) is 5.95 Å². The first-order chi connectivity index (χ1) is 16.7. The number of hydrogen-bond acceptors (Lipinski definition) is 5. The van der Waals surface area contributed by atoms with Gasteiger partial charge in [-0.15, -0.1) is 0 Å². The van der Waals surface area contributed by atoms with Gasteiger partial charge >= 0.3 is 0 Å². The van der Waals surface area contributed by atoms with E-state index in [1.54, 1.807) is 6.20 Å². The van der Waals surface area contributed by atoms with Crippen LogP contribution < -0.4 is 10.2 Å². The summed E-state index contributed by atoms with van der Waals surface area (Å²) < 4.78 is 1.89. The van der Waals surface area contributed by atoms with E-state index in [1.165, 1.54) is 11.8 Å². The number of nitrogens with one attached hydrogen (secondary N) is 1. The van der Waals surface area contributed by atoms with Crippen molar-refractivity contribution < 1.29 is 4.79 Å². The zero-order chi connectivity index (χ0) is 23.3. The minimum atomic E-state index is -0.308. The van der Waals surface area contributed by atoms with Gasteiger partial charge in [-0.3, -0.25) is 9.48 Å². The standard InChI is InChI=1S/C26H25ClN6O/c27-23-17-29-26(32-13-3-4-14-32)31-24(23)25(34)28-16-21-6-1-2-7-22(21)20-10-8-19(9-11-20)18-33-15-5-12-30-33/h1-2,5-12,15,17H,3-4,13-14,16,18H2,(H,28,34). The third kappa shape index (κ3) is 4.94. The first kappa shape index (κ1) is 22.1. The third-order valence-corrected chi connectivity index (χ3v) is 6.24. The lowest BCUT2D eigenvalue weighted by molar-refractivity contribution is 0.0946. The van der Waals surface area contributed by atoms with E-state index in [0.29, 0.717) is 12.5 Å². The summed E-state index contributed by atoms with van der Waals surface area (Å²) >= 11 is 6.26. The van der Waals surface area contributed by atoms with E-state index in [1.807, 2.05) is 35.1 Å². The first-order valence-electron chi connectivity index (χ1n) is 11.4. The molecule has 0 spiro atoms. The monoisotopic (exact) mass is 472 g/mol. The van der Waals surface area contributed by atoms with Gasteiger partial charge in [-0.1, -0.05) is 60.1 Å². The average molecular weight is 473 g/mol. The van der Waals surface area contributed by atoms with Crippen molar-refractivity contribution in [1.82, 2.24) is 25.1 Å². The van der Waals surface area contributed by atoms with Gasteiger partial charge in [-0.2, -0.15) is 5.10 Å². The van der Waals surface area contributed by atoms with Crippen molar-refractivity contribution in [1.29, 1.82) is 0 Å². The Kier molecular flexibility index (Phi) is 6.53. The van der Waals surface area contributed by atoms with Gasteiger partial charge in [-0.25, -0.2) is 9.97 Å². The molecular weight excluding hydrogens is 448 g/mol. The van der Waals surface area contributed by atoms with Crippen molar-refractivity contribution in [2.75, 3.05) is 18.0 Å². The molecule has 172 valence electrons. The molecule has 0 bridgehead atoms. The second kappa shape index (κ2) is 10.1. The number of anilines is 1. The fraction of sp³-hybridized carbons (Fsp3) is 0.231. The van der Waals surface area contributed by atoms with Crippen LogP contribution in [0.2, 0.25) is 5.02 Å². The highest BCUT2D eigenvalue weighted by Crippen LogP contribution is 2.25. The molecule has 0 unspecified atom stereocenters. The number of carbonyl (C=O) groups is 1. The number of hydrogen-bond donors (Lipinski definition) is 1. The fourth-order valence-electron chi connectivity index (χ4n) is 4.17. The maximum Gasteiger partial charge on any atom is 0.271 e. The summed E-state index contributed by atoms with van der Waals surface area (Å²) in [4.78, 5) is 23.8. The molecule has 4 aromatic rings. The Bertz CT molecular complexity index is 1270. The number of benzene rings is 2. The van der Waals surface area contributed by atoms with Crippen LogP contribution in [-0.2, 0) is 13.1 Å². The topological polar surface area (TPSA) is 75.9 Å². The van der Waals surface area contributed by atoms with E-state index < -0.39 is 0 Å². The van der Waals surface area contributed by atoms with Gasteiger partial charge in [0.2, 0.25) is 5.95 Å². The van der Waals surface area contributed by atoms with Gasteiger partial charge in [0, 0.05) is 32.0 Å². The predicted molar refractivity (Wildman–Crippen MR) is 133 cm³/mol. The third-order valence-electron chi connectivity index (χ3n) is 5.96. The van der Waals surface area contributed by atoms with E-state index in [2.05, 4.69) is 55.6 Å². The average Bonchev–Trinajstić information content (AvgIpc) is 3.58. The van der Waals surface area contributed by atoms with Gasteiger partial charge in [0.1, 0.15) is 0 Å². The van der Waals surface area contributed by atoms with Crippen LogP contribution in [0.1, 0.15) is 34.5 Å². The van der Waals surface area contributed by atoms with E-state index in [-0.39, 0.29) is 16.6 Å². The Balaban J connectivity index is 1.30. The van der Waals surface area contributed by atoms with E-state index in [4.69, 9.17) is 11.6 Å². The van der Waals surface area contributed by atoms with Crippen LogP contribution >= 0.6 is 11.6 Å². The molecule has 1 aliphatic heterocycles. The number of nitrogens with zero attached hydrogens (tertiary/aromatic N) is 5. The Morgan fingerprint density at radius 1 is 1.03 bits per heavy atom. The highest BCUT2D eigenvalue weighted by Gasteiger charge is 2.20. The van der Waals surface area contributed by atoms with Crippen molar-refractivity contribution in [2.24, 2.45) is 0 Å². The highest BCUT2D eigenvalue weighted by molar-refractivity contribution is 6.33. The summed E-state index contributed by atoms with van der Waals surface area (Å²) in [7, 11) is 0. The Labute approximate surface area is 203 Å². The van der Waals surface area contributed by atoms with E-state index in [0.717, 1.165) is 49.2 Å². The second-order valence-corrected chi connectivity index (χ2v) is 8.71. The Morgan fingerprint density at radius 3 is 2.59 bits per heavy atom. The highest BCUT2D eigenvalue weighted by atomic mass is 35.5. The number of aromatic nitrogens is 4. The fourth-order valence-corrected chi connectivity index (χ4v) is 4.35. The van der Waals surface area contributed by atoms with Crippen LogP contribution in [0, 0.1) is 0 Å². The SMILES string of the molecule is O=C(NCc1ccccc1-c1ccc(Cn2cccn2)cc1)c1nc(N2CCCC2)ncc1Cl.